The van der Waals surface area contributed by atoms with E-state index in [1.54, 1.807) is 0 Å². The summed E-state index contributed by atoms with van der Waals surface area (Å²) in [5.74, 6) is -0.248. The number of rotatable bonds is 9. The normalized spacial score (nSPS) is 21.9. The number of nitrogens with zero attached hydrogens (tertiary/aromatic N) is 1. The number of nitrogens with one attached hydrogen (secondary N) is 1. The predicted octanol–water partition coefficient (Wildman–Crippen LogP) is 1.51. The molecule has 0 aromatic rings. The van der Waals surface area contributed by atoms with Gasteiger partial charge in [0.15, 0.2) is 0 Å². The van der Waals surface area contributed by atoms with Crippen molar-refractivity contribution in [3.05, 3.63) is 0 Å². The van der Waals surface area contributed by atoms with Crippen LogP contribution in [0.15, 0.2) is 0 Å². The minimum absolute atomic E-state index is 0.117. The molecular weight excluding hydrogens is 266 g/mol. The number of morpholine rings is 1. The monoisotopic (exact) mass is 299 g/mol. The van der Waals surface area contributed by atoms with E-state index >= 15 is 0 Å². The van der Waals surface area contributed by atoms with Crippen molar-refractivity contribution in [1.29, 1.82) is 0 Å². The van der Waals surface area contributed by atoms with E-state index in [2.05, 4.69) is 31.0 Å². The van der Waals surface area contributed by atoms with E-state index in [9.17, 15) is 4.79 Å². The zero-order valence-corrected chi connectivity index (χ0v) is 14.2. The maximum Gasteiger partial charge on any atom is 0.237 e. The average molecular weight is 299 g/mol. The first-order chi connectivity index (χ1) is 9.82. The van der Waals surface area contributed by atoms with Gasteiger partial charge in [-0.3, -0.25) is 9.69 Å². The van der Waals surface area contributed by atoms with E-state index in [4.69, 9.17) is 10.5 Å². The van der Waals surface area contributed by atoms with E-state index < -0.39 is 5.54 Å². The van der Waals surface area contributed by atoms with Crippen LogP contribution in [0.4, 0.5) is 0 Å². The molecule has 1 saturated heterocycles. The molecule has 1 atom stereocenters. The van der Waals surface area contributed by atoms with E-state index in [0.717, 1.165) is 58.5 Å². The largest absolute Gasteiger partial charge is 0.378 e. The standard InChI is InChI=1S/C16H33N3O2/c1-5-9-18-16(4,14(17)20)8-6-7-10-19-11-12-21-13-15(19,2)3/h18H,5-13H2,1-4H3,(H2,17,20). The molecule has 1 fully saturated rings. The lowest BCUT2D eigenvalue weighted by Gasteiger charge is -2.42. The molecule has 1 aliphatic heterocycles. The van der Waals surface area contributed by atoms with Gasteiger partial charge in [0, 0.05) is 12.1 Å². The Hall–Kier alpha value is -0.650. The highest BCUT2D eigenvalue weighted by Gasteiger charge is 2.31. The number of amides is 1. The van der Waals surface area contributed by atoms with Crippen LogP contribution in [-0.4, -0.2) is 54.7 Å². The molecule has 0 aromatic heterocycles. The second-order valence-electron chi connectivity index (χ2n) is 6.93. The molecule has 1 rings (SSSR count). The number of ether oxygens (including phenoxy) is 1. The highest BCUT2D eigenvalue weighted by atomic mass is 16.5. The molecule has 5 heteroatoms. The molecular formula is C16H33N3O2. The summed E-state index contributed by atoms with van der Waals surface area (Å²) in [6, 6.07) is 0. The van der Waals surface area contributed by atoms with Crippen molar-refractivity contribution in [3.8, 4) is 0 Å². The van der Waals surface area contributed by atoms with Gasteiger partial charge in [-0.1, -0.05) is 6.92 Å². The van der Waals surface area contributed by atoms with Crippen molar-refractivity contribution >= 4 is 5.91 Å². The molecule has 0 aromatic carbocycles. The quantitative estimate of drug-likeness (QED) is 0.633. The molecule has 0 saturated carbocycles. The highest BCUT2D eigenvalue weighted by Crippen LogP contribution is 2.20. The van der Waals surface area contributed by atoms with Crippen molar-refractivity contribution in [3.63, 3.8) is 0 Å². The first-order valence-electron chi connectivity index (χ1n) is 8.19. The molecule has 5 nitrogen and oxygen atoms in total. The van der Waals surface area contributed by atoms with Gasteiger partial charge in [-0.25, -0.2) is 0 Å². The van der Waals surface area contributed by atoms with E-state index in [1.807, 2.05) is 6.92 Å². The van der Waals surface area contributed by atoms with Gasteiger partial charge in [0.25, 0.3) is 0 Å². The average Bonchev–Trinajstić information content (AvgIpc) is 2.42. The number of carbonyl (C=O) groups is 1. The Balaban J connectivity index is 2.35. The van der Waals surface area contributed by atoms with Crippen LogP contribution in [0.3, 0.4) is 0 Å². The van der Waals surface area contributed by atoms with Crippen molar-refractivity contribution in [2.24, 2.45) is 5.73 Å². The molecule has 3 N–H and O–H groups in total. The maximum absolute atomic E-state index is 11.7. The fourth-order valence-electron chi connectivity index (χ4n) is 2.79. The summed E-state index contributed by atoms with van der Waals surface area (Å²) < 4.78 is 5.54. The lowest BCUT2D eigenvalue weighted by molar-refractivity contribution is -0.124. The zero-order chi connectivity index (χ0) is 15.9. The fraction of sp³-hybridized carbons (Fsp3) is 0.938. The molecule has 21 heavy (non-hydrogen) atoms. The SMILES string of the molecule is CCCNC(C)(CCCCN1CCOCC1(C)C)C(N)=O. The number of unbranched alkanes of at least 4 members (excludes halogenated alkanes) is 1. The van der Waals surface area contributed by atoms with Crippen LogP contribution >= 0.6 is 0 Å². The summed E-state index contributed by atoms with van der Waals surface area (Å²) >= 11 is 0. The topological polar surface area (TPSA) is 67.6 Å². The van der Waals surface area contributed by atoms with Crippen molar-refractivity contribution in [2.45, 2.75) is 64.5 Å². The first-order valence-corrected chi connectivity index (χ1v) is 8.19. The Labute approximate surface area is 129 Å². The number of hydrogen-bond donors (Lipinski definition) is 2. The predicted molar refractivity (Wildman–Crippen MR) is 86.2 cm³/mol. The molecule has 0 bridgehead atoms. The summed E-state index contributed by atoms with van der Waals surface area (Å²) in [7, 11) is 0. The van der Waals surface area contributed by atoms with E-state index in [1.165, 1.54) is 0 Å². The lowest BCUT2D eigenvalue weighted by Crippen LogP contribution is -2.54. The Bertz CT molecular complexity index is 333. The van der Waals surface area contributed by atoms with Crippen molar-refractivity contribution in [2.75, 3.05) is 32.8 Å². The van der Waals surface area contributed by atoms with Crippen LogP contribution in [0.1, 0.15) is 53.4 Å². The maximum atomic E-state index is 11.7. The summed E-state index contributed by atoms with van der Waals surface area (Å²) in [5, 5.41) is 3.29. The van der Waals surface area contributed by atoms with Gasteiger partial charge in [-0.2, -0.15) is 0 Å². The van der Waals surface area contributed by atoms with Crippen LogP contribution < -0.4 is 11.1 Å². The summed E-state index contributed by atoms with van der Waals surface area (Å²) in [4.78, 5) is 14.1. The molecule has 1 heterocycles. The zero-order valence-electron chi connectivity index (χ0n) is 14.2. The fourth-order valence-corrected chi connectivity index (χ4v) is 2.79. The Morgan fingerprint density at radius 3 is 2.71 bits per heavy atom. The molecule has 0 radical (unpaired) electrons. The van der Waals surface area contributed by atoms with Crippen LogP contribution in [0.5, 0.6) is 0 Å². The second-order valence-corrected chi connectivity index (χ2v) is 6.93. The minimum atomic E-state index is -0.573. The lowest BCUT2D eigenvalue weighted by atomic mass is 9.93. The van der Waals surface area contributed by atoms with Crippen LogP contribution in [0.25, 0.3) is 0 Å². The third kappa shape index (κ3) is 5.57. The van der Waals surface area contributed by atoms with Gasteiger partial charge in [0.1, 0.15) is 0 Å². The third-order valence-electron chi connectivity index (χ3n) is 4.48. The van der Waals surface area contributed by atoms with Gasteiger partial charge in [-0.15, -0.1) is 0 Å². The molecule has 1 unspecified atom stereocenters. The van der Waals surface area contributed by atoms with Gasteiger partial charge in [0.05, 0.1) is 18.8 Å². The molecule has 0 spiro atoms. The number of carbonyl (C=O) groups excluding carboxylic acids is 1. The number of primary amides is 1. The van der Waals surface area contributed by atoms with Gasteiger partial charge >= 0.3 is 0 Å². The van der Waals surface area contributed by atoms with Crippen molar-refractivity contribution in [1.82, 2.24) is 10.2 Å². The Kier molecular flexibility index (Phi) is 7.10. The molecule has 1 aliphatic rings. The Morgan fingerprint density at radius 1 is 1.43 bits per heavy atom. The summed E-state index contributed by atoms with van der Waals surface area (Å²) in [5.41, 5.74) is 5.10. The van der Waals surface area contributed by atoms with Gasteiger partial charge in [-0.05, 0) is 59.5 Å². The summed E-state index contributed by atoms with van der Waals surface area (Å²) in [6.45, 7) is 13.0. The van der Waals surface area contributed by atoms with Crippen LogP contribution in [0.2, 0.25) is 0 Å². The number of nitrogens with two attached hydrogens (primary N) is 1. The van der Waals surface area contributed by atoms with Crippen LogP contribution in [-0.2, 0) is 9.53 Å². The highest BCUT2D eigenvalue weighted by molar-refractivity contribution is 5.84. The van der Waals surface area contributed by atoms with Crippen molar-refractivity contribution < 1.29 is 9.53 Å². The summed E-state index contributed by atoms with van der Waals surface area (Å²) in [6.07, 6.45) is 3.89. The van der Waals surface area contributed by atoms with Crippen LogP contribution in [0, 0.1) is 0 Å². The number of hydrogen-bond acceptors (Lipinski definition) is 4. The first kappa shape index (κ1) is 18.4. The smallest absolute Gasteiger partial charge is 0.237 e. The van der Waals surface area contributed by atoms with Gasteiger partial charge < -0.3 is 15.8 Å². The molecule has 0 aliphatic carbocycles. The molecule has 1 amide bonds. The van der Waals surface area contributed by atoms with E-state index in [0.29, 0.717) is 0 Å². The van der Waals surface area contributed by atoms with E-state index in [-0.39, 0.29) is 11.4 Å². The third-order valence-corrected chi connectivity index (χ3v) is 4.48. The second kappa shape index (κ2) is 8.11. The Morgan fingerprint density at radius 2 is 2.14 bits per heavy atom. The van der Waals surface area contributed by atoms with Gasteiger partial charge in [0.2, 0.25) is 5.91 Å². The molecule has 124 valence electrons. The minimum Gasteiger partial charge on any atom is -0.378 e.